The monoisotopic (exact) mass is 197 g/mol. The fourth-order valence-corrected chi connectivity index (χ4v) is 1.52. The molecule has 0 fully saturated rings. The van der Waals surface area contributed by atoms with Crippen molar-refractivity contribution in [1.82, 2.24) is 15.1 Å². The molecule has 2 atom stereocenters. The van der Waals surface area contributed by atoms with Gasteiger partial charge in [-0.2, -0.15) is 5.10 Å². The second-order valence-corrected chi connectivity index (χ2v) is 3.34. The van der Waals surface area contributed by atoms with Gasteiger partial charge in [-0.15, -0.1) is 0 Å². The number of likely N-dealkylation sites (N-methyl/N-ethyl adjacent to an activating group) is 1. The number of ether oxygens (including phenoxy) is 1. The maximum absolute atomic E-state index is 5.30. The lowest BCUT2D eigenvalue weighted by Crippen LogP contribution is -2.28. The van der Waals surface area contributed by atoms with Gasteiger partial charge in [0.15, 0.2) is 0 Å². The Labute approximate surface area is 85.3 Å². The molecule has 80 valence electrons. The highest BCUT2D eigenvalue weighted by molar-refractivity contribution is 5.11. The third kappa shape index (κ3) is 2.33. The molecule has 1 rings (SSSR count). The highest BCUT2D eigenvalue weighted by Crippen LogP contribution is 2.17. The zero-order chi connectivity index (χ0) is 10.6. The maximum Gasteiger partial charge on any atom is 0.0738 e. The minimum atomic E-state index is 0.148. The second kappa shape index (κ2) is 5.12. The SMILES string of the molecule is CCn1cc(C(NC)C(C)OC)cn1. The minimum Gasteiger partial charge on any atom is -0.380 e. The second-order valence-electron chi connectivity index (χ2n) is 3.34. The number of aromatic nitrogens is 2. The third-order valence-corrected chi connectivity index (χ3v) is 2.49. The van der Waals surface area contributed by atoms with Crippen LogP contribution in [0.1, 0.15) is 25.5 Å². The van der Waals surface area contributed by atoms with Crippen molar-refractivity contribution in [3.8, 4) is 0 Å². The number of hydrogen-bond donors (Lipinski definition) is 1. The molecule has 0 bridgehead atoms. The average molecular weight is 197 g/mol. The molecule has 1 aromatic heterocycles. The number of methoxy groups -OCH3 is 1. The smallest absolute Gasteiger partial charge is 0.0738 e. The van der Waals surface area contributed by atoms with Gasteiger partial charge in [0, 0.05) is 25.4 Å². The molecule has 0 radical (unpaired) electrons. The van der Waals surface area contributed by atoms with E-state index < -0.39 is 0 Å². The van der Waals surface area contributed by atoms with Gasteiger partial charge < -0.3 is 10.1 Å². The highest BCUT2D eigenvalue weighted by Gasteiger charge is 2.18. The van der Waals surface area contributed by atoms with Crippen molar-refractivity contribution >= 4 is 0 Å². The van der Waals surface area contributed by atoms with Gasteiger partial charge in [-0.3, -0.25) is 4.68 Å². The molecule has 0 saturated carbocycles. The quantitative estimate of drug-likeness (QED) is 0.771. The van der Waals surface area contributed by atoms with Crippen LogP contribution in [0.25, 0.3) is 0 Å². The van der Waals surface area contributed by atoms with Crippen LogP contribution in [0.4, 0.5) is 0 Å². The molecule has 0 spiro atoms. The molecular formula is C10H19N3O. The summed E-state index contributed by atoms with van der Waals surface area (Å²) in [5.41, 5.74) is 1.17. The highest BCUT2D eigenvalue weighted by atomic mass is 16.5. The largest absolute Gasteiger partial charge is 0.380 e. The number of hydrogen-bond acceptors (Lipinski definition) is 3. The Balaban J connectivity index is 2.78. The molecule has 2 unspecified atom stereocenters. The van der Waals surface area contributed by atoms with E-state index in [2.05, 4.69) is 23.5 Å². The summed E-state index contributed by atoms with van der Waals surface area (Å²) in [6.45, 7) is 5.02. The number of nitrogens with one attached hydrogen (secondary N) is 1. The van der Waals surface area contributed by atoms with E-state index in [1.165, 1.54) is 5.56 Å². The Morgan fingerprint density at radius 2 is 2.36 bits per heavy atom. The first-order valence-corrected chi connectivity index (χ1v) is 4.95. The molecule has 0 aromatic carbocycles. The molecule has 0 aliphatic heterocycles. The zero-order valence-corrected chi connectivity index (χ0v) is 9.32. The Bertz CT molecular complexity index is 272. The first kappa shape index (κ1) is 11.2. The van der Waals surface area contributed by atoms with Crippen LogP contribution >= 0.6 is 0 Å². The van der Waals surface area contributed by atoms with Crippen LogP contribution in [0.15, 0.2) is 12.4 Å². The maximum atomic E-state index is 5.30. The van der Waals surface area contributed by atoms with Crippen LogP contribution < -0.4 is 5.32 Å². The van der Waals surface area contributed by atoms with Gasteiger partial charge in [0.05, 0.1) is 18.3 Å². The van der Waals surface area contributed by atoms with Crippen LogP contribution in [0.5, 0.6) is 0 Å². The molecule has 4 nitrogen and oxygen atoms in total. The van der Waals surface area contributed by atoms with Crippen molar-refractivity contribution in [2.45, 2.75) is 32.5 Å². The van der Waals surface area contributed by atoms with Gasteiger partial charge in [-0.05, 0) is 20.9 Å². The lowest BCUT2D eigenvalue weighted by atomic mass is 10.1. The van der Waals surface area contributed by atoms with E-state index in [4.69, 9.17) is 4.74 Å². The van der Waals surface area contributed by atoms with Crippen molar-refractivity contribution in [3.63, 3.8) is 0 Å². The lowest BCUT2D eigenvalue weighted by molar-refractivity contribution is 0.0856. The first-order valence-electron chi connectivity index (χ1n) is 4.95. The lowest BCUT2D eigenvalue weighted by Gasteiger charge is -2.20. The summed E-state index contributed by atoms with van der Waals surface area (Å²) < 4.78 is 7.22. The molecule has 0 saturated heterocycles. The van der Waals surface area contributed by atoms with E-state index in [9.17, 15) is 0 Å². The number of aryl methyl sites for hydroxylation is 1. The molecule has 0 aliphatic rings. The molecule has 0 amide bonds. The van der Waals surface area contributed by atoms with Gasteiger partial charge in [-0.1, -0.05) is 0 Å². The van der Waals surface area contributed by atoms with Crippen LogP contribution in [-0.2, 0) is 11.3 Å². The van der Waals surface area contributed by atoms with Crippen LogP contribution in [-0.4, -0.2) is 30.0 Å². The molecular weight excluding hydrogens is 178 g/mol. The number of nitrogens with zero attached hydrogens (tertiary/aromatic N) is 2. The van der Waals surface area contributed by atoms with Crippen LogP contribution in [0, 0.1) is 0 Å². The normalized spacial score (nSPS) is 15.4. The van der Waals surface area contributed by atoms with E-state index in [1.807, 2.05) is 24.9 Å². The first-order chi connectivity index (χ1) is 6.72. The van der Waals surface area contributed by atoms with Crippen LogP contribution in [0.2, 0.25) is 0 Å². The number of rotatable bonds is 5. The van der Waals surface area contributed by atoms with Crippen molar-refractivity contribution in [2.24, 2.45) is 0 Å². The molecule has 4 heteroatoms. The van der Waals surface area contributed by atoms with Crippen molar-refractivity contribution < 1.29 is 4.74 Å². The Morgan fingerprint density at radius 3 is 2.79 bits per heavy atom. The van der Waals surface area contributed by atoms with Crippen molar-refractivity contribution in [1.29, 1.82) is 0 Å². The van der Waals surface area contributed by atoms with E-state index in [-0.39, 0.29) is 12.1 Å². The van der Waals surface area contributed by atoms with Gasteiger partial charge in [0.1, 0.15) is 0 Å². The molecule has 1 aromatic rings. The Hall–Kier alpha value is -0.870. The standard InChI is InChI=1S/C10H19N3O/c1-5-13-7-9(6-12-13)10(11-3)8(2)14-4/h6-8,10-11H,5H2,1-4H3. The predicted octanol–water partition coefficient (Wildman–Crippen LogP) is 1.20. The van der Waals surface area contributed by atoms with Gasteiger partial charge in [0.2, 0.25) is 0 Å². The summed E-state index contributed by atoms with van der Waals surface area (Å²) in [5, 5.41) is 7.47. The van der Waals surface area contributed by atoms with E-state index in [1.54, 1.807) is 7.11 Å². The van der Waals surface area contributed by atoms with Gasteiger partial charge in [-0.25, -0.2) is 0 Å². The Kier molecular flexibility index (Phi) is 4.10. The molecule has 1 heterocycles. The third-order valence-electron chi connectivity index (χ3n) is 2.49. The topological polar surface area (TPSA) is 39.1 Å². The fraction of sp³-hybridized carbons (Fsp3) is 0.700. The summed E-state index contributed by atoms with van der Waals surface area (Å²) in [6.07, 6.45) is 4.09. The summed E-state index contributed by atoms with van der Waals surface area (Å²) in [7, 11) is 3.66. The molecule has 14 heavy (non-hydrogen) atoms. The van der Waals surface area contributed by atoms with Crippen molar-refractivity contribution in [2.75, 3.05) is 14.2 Å². The van der Waals surface area contributed by atoms with E-state index >= 15 is 0 Å². The predicted molar refractivity (Wildman–Crippen MR) is 56.2 cm³/mol. The fourth-order valence-electron chi connectivity index (χ4n) is 1.52. The summed E-state index contributed by atoms with van der Waals surface area (Å²) in [4.78, 5) is 0. The van der Waals surface area contributed by atoms with E-state index in [0.717, 1.165) is 6.54 Å². The Morgan fingerprint density at radius 1 is 1.64 bits per heavy atom. The van der Waals surface area contributed by atoms with Crippen LogP contribution in [0.3, 0.4) is 0 Å². The average Bonchev–Trinajstić information content (AvgIpc) is 2.67. The summed E-state index contributed by atoms with van der Waals surface area (Å²) >= 11 is 0. The molecule has 0 aliphatic carbocycles. The van der Waals surface area contributed by atoms with Crippen molar-refractivity contribution in [3.05, 3.63) is 18.0 Å². The summed E-state index contributed by atoms with van der Waals surface area (Å²) in [6, 6.07) is 0.209. The van der Waals surface area contributed by atoms with E-state index in [0.29, 0.717) is 0 Å². The van der Waals surface area contributed by atoms with Gasteiger partial charge >= 0.3 is 0 Å². The zero-order valence-electron chi connectivity index (χ0n) is 9.32. The molecule has 1 N–H and O–H groups in total. The minimum absolute atomic E-state index is 0.148. The summed E-state index contributed by atoms with van der Waals surface area (Å²) in [5.74, 6) is 0. The van der Waals surface area contributed by atoms with Gasteiger partial charge in [0.25, 0.3) is 0 Å².